The average molecular weight is 142 g/mol. The van der Waals surface area contributed by atoms with Crippen LogP contribution in [0, 0.1) is 0 Å². The Hall–Kier alpha value is -0.900. The van der Waals surface area contributed by atoms with Crippen LogP contribution in [0.1, 0.15) is 0 Å². The topological polar surface area (TPSA) is 32.3 Å². The fraction of sp³-hybridized carbons (Fsp3) is 0.200. The lowest BCUT2D eigenvalue weighted by atomic mass is 10.5. The summed E-state index contributed by atoms with van der Waals surface area (Å²) < 4.78 is 0. The van der Waals surface area contributed by atoms with E-state index in [0.717, 1.165) is 0 Å². The van der Waals surface area contributed by atoms with Crippen molar-refractivity contribution in [1.82, 2.24) is 10.2 Å². The normalized spacial score (nSPS) is 18.8. The van der Waals surface area contributed by atoms with Crippen molar-refractivity contribution in [2.24, 2.45) is 0 Å². The molecule has 1 N–H and O–H groups in total. The first-order valence-corrected chi connectivity index (χ1v) is 2.81. The van der Waals surface area contributed by atoms with Crippen LogP contribution in [0.5, 0.6) is 0 Å². The van der Waals surface area contributed by atoms with Gasteiger partial charge in [0.15, 0.2) is 5.11 Å². The van der Waals surface area contributed by atoms with Crippen LogP contribution in [0.3, 0.4) is 0 Å². The van der Waals surface area contributed by atoms with Gasteiger partial charge in [0.25, 0.3) is 5.91 Å². The molecule has 0 atom stereocenters. The Balaban J connectivity index is 2.90. The first-order valence-electron chi connectivity index (χ1n) is 2.41. The summed E-state index contributed by atoms with van der Waals surface area (Å²) in [6.45, 7) is 3.45. The predicted molar refractivity (Wildman–Crippen MR) is 37.6 cm³/mol. The predicted octanol–water partition coefficient (Wildman–Crippen LogP) is -0.153. The molecule has 1 rings (SSSR count). The van der Waals surface area contributed by atoms with Gasteiger partial charge in [0.2, 0.25) is 0 Å². The van der Waals surface area contributed by atoms with Crippen LogP contribution >= 0.6 is 12.2 Å². The smallest absolute Gasteiger partial charge is 0.275 e. The molecule has 1 fully saturated rings. The number of carbonyl (C=O) groups is 1. The largest absolute Gasteiger partial charge is 0.328 e. The molecule has 1 aliphatic heterocycles. The van der Waals surface area contributed by atoms with Crippen molar-refractivity contribution in [1.29, 1.82) is 0 Å². The van der Waals surface area contributed by atoms with Crippen molar-refractivity contribution in [3.05, 3.63) is 12.3 Å². The fourth-order valence-electron chi connectivity index (χ4n) is 0.561. The average Bonchev–Trinajstić information content (AvgIpc) is 1.98. The minimum atomic E-state index is -0.153. The zero-order chi connectivity index (χ0) is 7.02. The van der Waals surface area contributed by atoms with Crippen LogP contribution < -0.4 is 5.32 Å². The molecule has 0 aromatic carbocycles. The van der Waals surface area contributed by atoms with E-state index in [4.69, 9.17) is 12.2 Å². The van der Waals surface area contributed by atoms with Crippen LogP contribution in [0.2, 0.25) is 0 Å². The lowest BCUT2D eigenvalue weighted by Crippen LogP contribution is -2.25. The number of hydrogen-bond acceptors (Lipinski definition) is 2. The summed E-state index contributed by atoms with van der Waals surface area (Å²) in [5.41, 5.74) is 0.350. The molecule has 3 nitrogen and oxygen atoms in total. The maximum absolute atomic E-state index is 10.8. The zero-order valence-corrected chi connectivity index (χ0v) is 5.79. The number of carbonyl (C=O) groups excluding carboxylic acids is 1. The molecule has 0 radical (unpaired) electrons. The highest BCUT2D eigenvalue weighted by Gasteiger charge is 2.24. The van der Waals surface area contributed by atoms with Crippen molar-refractivity contribution in [3.63, 3.8) is 0 Å². The number of nitrogens with one attached hydrogen (secondary N) is 1. The Morgan fingerprint density at radius 2 is 2.33 bits per heavy atom. The molecule has 4 heteroatoms. The molecule has 0 saturated carbocycles. The van der Waals surface area contributed by atoms with E-state index < -0.39 is 0 Å². The highest BCUT2D eigenvalue weighted by molar-refractivity contribution is 7.80. The first kappa shape index (κ1) is 6.22. The van der Waals surface area contributed by atoms with E-state index in [1.54, 1.807) is 7.05 Å². The number of rotatable bonds is 0. The quantitative estimate of drug-likeness (QED) is 0.377. The molecule has 0 unspecified atom stereocenters. The van der Waals surface area contributed by atoms with Gasteiger partial charge >= 0.3 is 0 Å². The Morgan fingerprint density at radius 1 is 1.78 bits per heavy atom. The summed E-state index contributed by atoms with van der Waals surface area (Å²) in [5.74, 6) is -0.153. The molecule has 0 aliphatic carbocycles. The van der Waals surface area contributed by atoms with Gasteiger partial charge in [0.1, 0.15) is 0 Å². The van der Waals surface area contributed by atoms with E-state index in [2.05, 4.69) is 11.9 Å². The molecule has 1 amide bonds. The molecule has 48 valence electrons. The van der Waals surface area contributed by atoms with Crippen molar-refractivity contribution in [3.8, 4) is 0 Å². The highest BCUT2D eigenvalue weighted by atomic mass is 32.1. The van der Waals surface area contributed by atoms with E-state index in [0.29, 0.717) is 10.8 Å². The summed E-state index contributed by atoms with van der Waals surface area (Å²) >= 11 is 4.73. The summed E-state index contributed by atoms with van der Waals surface area (Å²) in [6.07, 6.45) is 0. The van der Waals surface area contributed by atoms with Gasteiger partial charge < -0.3 is 5.32 Å². The first-order chi connectivity index (χ1) is 4.13. The number of amides is 1. The molecular weight excluding hydrogens is 136 g/mol. The van der Waals surface area contributed by atoms with Crippen LogP contribution in [0.25, 0.3) is 0 Å². The van der Waals surface area contributed by atoms with Crippen molar-refractivity contribution in [2.75, 3.05) is 7.05 Å². The standard InChI is InChI=1S/C5H6N2OS/c1-3-4(8)7(2)5(9)6-3/h1H2,2H3,(H,6,9). The summed E-state index contributed by atoms with van der Waals surface area (Å²) in [5, 5.41) is 3.05. The second-order valence-corrected chi connectivity index (χ2v) is 2.16. The number of likely N-dealkylation sites (N-methyl/N-ethyl adjacent to an activating group) is 1. The van der Waals surface area contributed by atoms with E-state index in [9.17, 15) is 4.79 Å². The molecule has 0 spiro atoms. The van der Waals surface area contributed by atoms with E-state index in [1.807, 2.05) is 0 Å². The van der Waals surface area contributed by atoms with Gasteiger partial charge in [-0.3, -0.25) is 9.69 Å². The Morgan fingerprint density at radius 3 is 2.44 bits per heavy atom. The minimum absolute atomic E-state index is 0.153. The van der Waals surface area contributed by atoms with Crippen molar-refractivity contribution >= 4 is 23.2 Å². The lowest BCUT2D eigenvalue weighted by molar-refractivity contribution is -0.121. The van der Waals surface area contributed by atoms with Crippen molar-refractivity contribution in [2.45, 2.75) is 0 Å². The SMILES string of the molecule is C=C1NC(=S)N(C)C1=O. The van der Waals surface area contributed by atoms with Crippen LogP contribution in [-0.2, 0) is 4.79 Å². The molecule has 0 bridgehead atoms. The Kier molecular flexibility index (Phi) is 1.25. The molecule has 1 aliphatic rings. The van der Waals surface area contributed by atoms with Crippen LogP contribution in [0.15, 0.2) is 12.3 Å². The summed E-state index contributed by atoms with van der Waals surface area (Å²) in [7, 11) is 1.61. The van der Waals surface area contributed by atoms with Gasteiger partial charge in [-0.05, 0) is 12.2 Å². The number of nitrogens with zero attached hydrogens (tertiary/aromatic N) is 1. The number of hydrogen-bond donors (Lipinski definition) is 1. The van der Waals surface area contributed by atoms with Gasteiger partial charge in [0.05, 0.1) is 5.70 Å². The van der Waals surface area contributed by atoms with Crippen LogP contribution in [0.4, 0.5) is 0 Å². The third kappa shape index (κ3) is 0.810. The van der Waals surface area contributed by atoms with E-state index >= 15 is 0 Å². The van der Waals surface area contributed by atoms with Gasteiger partial charge in [-0.25, -0.2) is 0 Å². The monoisotopic (exact) mass is 142 g/mol. The second-order valence-electron chi connectivity index (χ2n) is 1.77. The number of thiocarbonyl (C=S) groups is 1. The lowest BCUT2D eigenvalue weighted by Gasteiger charge is -2.02. The minimum Gasteiger partial charge on any atom is -0.328 e. The fourth-order valence-corrected chi connectivity index (χ4v) is 0.767. The van der Waals surface area contributed by atoms with Gasteiger partial charge in [-0.2, -0.15) is 0 Å². The maximum atomic E-state index is 10.8. The molecule has 0 aromatic rings. The molecule has 1 heterocycles. The van der Waals surface area contributed by atoms with Crippen molar-refractivity contribution < 1.29 is 4.79 Å². The Labute approximate surface area is 58.3 Å². The van der Waals surface area contributed by atoms with Gasteiger partial charge in [-0.15, -0.1) is 0 Å². The maximum Gasteiger partial charge on any atom is 0.275 e. The molecular formula is C5H6N2OS. The highest BCUT2D eigenvalue weighted by Crippen LogP contribution is 2.03. The second kappa shape index (κ2) is 1.80. The van der Waals surface area contributed by atoms with Crippen LogP contribution in [-0.4, -0.2) is 23.0 Å². The van der Waals surface area contributed by atoms with E-state index in [1.165, 1.54) is 4.90 Å². The van der Waals surface area contributed by atoms with E-state index in [-0.39, 0.29) is 5.91 Å². The molecule has 0 aromatic heterocycles. The Bertz CT molecular complexity index is 199. The molecule has 1 saturated heterocycles. The van der Waals surface area contributed by atoms with Gasteiger partial charge in [0, 0.05) is 7.05 Å². The third-order valence-corrected chi connectivity index (χ3v) is 1.50. The third-order valence-electron chi connectivity index (χ3n) is 1.13. The zero-order valence-electron chi connectivity index (χ0n) is 4.97. The summed E-state index contributed by atoms with van der Waals surface area (Å²) in [4.78, 5) is 12.1. The summed E-state index contributed by atoms with van der Waals surface area (Å²) in [6, 6.07) is 0. The molecule has 9 heavy (non-hydrogen) atoms. The van der Waals surface area contributed by atoms with Gasteiger partial charge in [-0.1, -0.05) is 6.58 Å².